The van der Waals surface area contributed by atoms with Gasteiger partial charge in [-0.1, -0.05) is 78.9 Å². The fraction of sp³-hybridized carbons (Fsp3) is 0.250. The normalized spacial score (nSPS) is 16.1. The Hall–Kier alpha value is -3.86. The van der Waals surface area contributed by atoms with Gasteiger partial charge in [-0.05, 0) is 66.4 Å². The van der Waals surface area contributed by atoms with Crippen LogP contribution in [0.4, 0.5) is 5.13 Å². The number of thioether (sulfide) groups is 1. The van der Waals surface area contributed by atoms with E-state index in [0.717, 1.165) is 18.4 Å². The number of aromatic nitrogens is 2. The number of Topliss-reactive ketones (excluding diaryl/α,β-unsaturated/α-hetero) is 1. The van der Waals surface area contributed by atoms with Gasteiger partial charge in [-0.2, -0.15) is 0 Å². The van der Waals surface area contributed by atoms with Gasteiger partial charge in [0.2, 0.25) is 5.13 Å². The van der Waals surface area contributed by atoms with Gasteiger partial charge < -0.3 is 14.6 Å². The van der Waals surface area contributed by atoms with Gasteiger partial charge in [0.15, 0.2) is 4.34 Å². The number of benzene rings is 3. The maximum absolute atomic E-state index is 13.6. The van der Waals surface area contributed by atoms with Crippen LogP contribution in [0.1, 0.15) is 49.4 Å². The Labute approximate surface area is 263 Å². The van der Waals surface area contributed by atoms with E-state index in [0.29, 0.717) is 51.0 Å². The summed E-state index contributed by atoms with van der Waals surface area (Å²) in [7, 11) is 0. The molecule has 0 spiro atoms. The van der Waals surface area contributed by atoms with Gasteiger partial charge in [-0.3, -0.25) is 14.5 Å². The second kappa shape index (κ2) is 14.1. The van der Waals surface area contributed by atoms with Crippen LogP contribution in [0.3, 0.4) is 0 Å². The van der Waals surface area contributed by atoms with Gasteiger partial charge in [-0.25, -0.2) is 0 Å². The van der Waals surface area contributed by atoms with Crippen LogP contribution in [-0.4, -0.2) is 40.2 Å². The maximum atomic E-state index is 13.6. The molecule has 0 bridgehead atoms. The van der Waals surface area contributed by atoms with Gasteiger partial charge in [0.1, 0.15) is 17.3 Å². The minimum Gasteiger partial charge on any atom is -0.507 e. The lowest BCUT2D eigenvalue weighted by Crippen LogP contribution is -2.29. The highest BCUT2D eigenvalue weighted by atomic mass is 35.5. The highest BCUT2D eigenvalue weighted by Crippen LogP contribution is 2.44. The molecule has 0 saturated carbocycles. The highest BCUT2D eigenvalue weighted by molar-refractivity contribution is 8.00. The van der Waals surface area contributed by atoms with Crippen molar-refractivity contribution in [3.63, 3.8) is 0 Å². The van der Waals surface area contributed by atoms with Gasteiger partial charge >= 0.3 is 5.91 Å². The first-order valence-corrected chi connectivity index (χ1v) is 16.1. The van der Waals surface area contributed by atoms with Crippen molar-refractivity contribution < 1.29 is 24.2 Å². The molecule has 1 aliphatic heterocycles. The van der Waals surface area contributed by atoms with E-state index in [-0.39, 0.29) is 16.5 Å². The second-order valence-electron chi connectivity index (χ2n) is 9.69. The molecule has 1 saturated heterocycles. The number of carbonyl (C=O) groups excluding carboxylic acids is 2. The van der Waals surface area contributed by atoms with Crippen molar-refractivity contribution in [1.82, 2.24) is 10.2 Å². The van der Waals surface area contributed by atoms with Crippen LogP contribution in [0.25, 0.3) is 5.76 Å². The largest absolute Gasteiger partial charge is 0.507 e. The predicted molar refractivity (Wildman–Crippen MR) is 170 cm³/mol. The van der Waals surface area contributed by atoms with Gasteiger partial charge in [0.05, 0.1) is 24.8 Å². The molecule has 1 fully saturated rings. The summed E-state index contributed by atoms with van der Waals surface area (Å²) in [5, 5.41) is 20.9. The minimum atomic E-state index is -0.949. The van der Waals surface area contributed by atoms with Crippen molar-refractivity contribution in [2.24, 2.45) is 0 Å². The third-order valence-electron chi connectivity index (χ3n) is 6.60. The molecule has 2 heterocycles. The third-order valence-corrected chi connectivity index (χ3v) is 9.08. The molecule has 0 aliphatic carbocycles. The zero-order valence-corrected chi connectivity index (χ0v) is 26.0. The summed E-state index contributed by atoms with van der Waals surface area (Å²) in [4.78, 5) is 28.5. The van der Waals surface area contributed by atoms with E-state index in [1.54, 1.807) is 42.5 Å². The Morgan fingerprint density at radius 1 is 0.953 bits per heavy atom. The van der Waals surface area contributed by atoms with Crippen LogP contribution in [0.5, 0.6) is 11.5 Å². The Balaban J connectivity index is 1.53. The molecule has 43 heavy (non-hydrogen) atoms. The fourth-order valence-corrected chi connectivity index (χ4v) is 6.69. The van der Waals surface area contributed by atoms with E-state index < -0.39 is 17.7 Å². The molecule has 1 aromatic heterocycles. The van der Waals surface area contributed by atoms with Crippen molar-refractivity contribution in [3.05, 3.63) is 100 Å². The minimum absolute atomic E-state index is 0.0414. The van der Waals surface area contributed by atoms with Gasteiger partial charge in [-0.15, -0.1) is 10.2 Å². The topological polar surface area (TPSA) is 102 Å². The first-order valence-electron chi connectivity index (χ1n) is 13.9. The molecule has 1 amide bonds. The molecule has 222 valence electrons. The van der Waals surface area contributed by atoms with E-state index in [1.165, 1.54) is 28.0 Å². The maximum Gasteiger partial charge on any atom is 0.301 e. The Bertz CT molecular complexity index is 1640. The van der Waals surface area contributed by atoms with Gasteiger partial charge in [0.25, 0.3) is 5.78 Å². The Morgan fingerprint density at radius 3 is 2.40 bits per heavy atom. The smallest absolute Gasteiger partial charge is 0.301 e. The van der Waals surface area contributed by atoms with Crippen LogP contribution in [0, 0.1) is 0 Å². The monoisotopic (exact) mass is 635 g/mol. The van der Waals surface area contributed by atoms with E-state index in [1.807, 2.05) is 44.2 Å². The quantitative estimate of drug-likeness (QED) is 0.0556. The zero-order chi connectivity index (χ0) is 30.3. The second-order valence-corrected chi connectivity index (χ2v) is 12.3. The average Bonchev–Trinajstić information content (AvgIpc) is 3.60. The number of ether oxygens (including phenoxy) is 2. The number of anilines is 1. The van der Waals surface area contributed by atoms with Crippen LogP contribution < -0.4 is 14.4 Å². The SMILES string of the molecule is CCCOc1ccc(C(O)=C2C(=O)C(=O)N(c3nnc(SCc4ccccc4Cl)s3)C2c2cccc(OCCC)c2)cc1. The number of aliphatic hydroxyl groups is 1. The standard InChI is InChI=1S/C32H30ClN3O5S2/c1-3-16-40-23-14-12-20(13-15-23)28(37)26-27(21-9-7-10-24(18-21)41-17-4-2)36(30(39)29(26)38)31-34-35-32(43-31)42-19-22-8-5-6-11-25(22)33/h5-15,18,27,37H,3-4,16-17,19H2,1-2H3. The van der Waals surface area contributed by atoms with E-state index >= 15 is 0 Å². The van der Waals surface area contributed by atoms with E-state index in [9.17, 15) is 14.7 Å². The molecule has 1 unspecified atom stereocenters. The predicted octanol–water partition coefficient (Wildman–Crippen LogP) is 7.69. The number of hydrogen-bond donors (Lipinski definition) is 1. The zero-order valence-electron chi connectivity index (χ0n) is 23.7. The van der Waals surface area contributed by atoms with Crippen LogP contribution >= 0.6 is 34.7 Å². The summed E-state index contributed by atoms with van der Waals surface area (Å²) in [6, 6.07) is 20.6. The molecule has 1 N–H and O–H groups in total. The summed E-state index contributed by atoms with van der Waals surface area (Å²) in [5.41, 5.74) is 1.89. The number of hydrogen-bond acceptors (Lipinski definition) is 9. The summed E-state index contributed by atoms with van der Waals surface area (Å²) in [5.74, 6) is -0.0962. The lowest BCUT2D eigenvalue weighted by atomic mass is 9.95. The number of amides is 1. The number of ketones is 1. The summed E-state index contributed by atoms with van der Waals surface area (Å²) in [6.07, 6.45) is 1.68. The first-order chi connectivity index (χ1) is 20.9. The molecular weight excluding hydrogens is 606 g/mol. The number of carbonyl (C=O) groups is 2. The summed E-state index contributed by atoms with van der Waals surface area (Å²) < 4.78 is 12.1. The van der Waals surface area contributed by atoms with Crippen molar-refractivity contribution in [2.75, 3.05) is 18.1 Å². The molecule has 4 aromatic rings. The molecular formula is C32H30ClN3O5S2. The van der Waals surface area contributed by atoms with E-state index in [4.69, 9.17) is 21.1 Å². The molecule has 3 aromatic carbocycles. The Kier molecular flexibility index (Phi) is 10.0. The average molecular weight is 636 g/mol. The Morgan fingerprint density at radius 2 is 1.67 bits per heavy atom. The van der Waals surface area contributed by atoms with Crippen LogP contribution in [0.2, 0.25) is 5.02 Å². The molecule has 5 rings (SSSR count). The molecule has 8 nitrogen and oxygen atoms in total. The van der Waals surface area contributed by atoms with Crippen molar-refractivity contribution in [2.45, 2.75) is 42.8 Å². The highest BCUT2D eigenvalue weighted by Gasteiger charge is 2.48. The lowest BCUT2D eigenvalue weighted by Gasteiger charge is -2.23. The molecule has 0 radical (unpaired) electrons. The van der Waals surface area contributed by atoms with Crippen molar-refractivity contribution >= 4 is 57.3 Å². The number of nitrogens with zero attached hydrogens (tertiary/aromatic N) is 3. The number of rotatable bonds is 12. The van der Waals surface area contributed by atoms with Crippen LogP contribution in [0.15, 0.2) is 82.7 Å². The van der Waals surface area contributed by atoms with Crippen LogP contribution in [-0.2, 0) is 15.3 Å². The third kappa shape index (κ3) is 6.87. The van der Waals surface area contributed by atoms with Gasteiger partial charge in [0, 0.05) is 16.3 Å². The molecule has 11 heteroatoms. The molecule has 1 aliphatic rings. The fourth-order valence-electron chi connectivity index (χ4n) is 4.54. The summed E-state index contributed by atoms with van der Waals surface area (Å²) >= 11 is 8.94. The molecule has 1 atom stereocenters. The van der Waals surface area contributed by atoms with Crippen molar-refractivity contribution in [1.29, 1.82) is 0 Å². The number of aliphatic hydroxyl groups excluding tert-OH is 1. The summed E-state index contributed by atoms with van der Waals surface area (Å²) in [6.45, 7) is 5.10. The first kappa shape index (κ1) is 30.6. The number of halogens is 1. The van der Waals surface area contributed by atoms with Crippen molar-refractivity contribution in [3.8, 4) is 11.5 Å². The van der Waals surface area contributed by atoms with E-state index in [2.05, 4.69) is 10.2 Å². The lowest BCUT2D eigenvalue weighted by molar-refractivity contribution is -0.132.